The van der Waals surface area contributed by atoms with Gasteiger partial charge in [0.15, 0.2) is 0 Å². The van der Waals surface area contributed by atoms with Crippen molar-refractivity contribution in [1.29, 1.82) is 0 Å². The van der Waals surface area contributed by atoms with Crippen molar-refractivity contribution in [1.82, 2.24) is 9.97 Å². The molecular formula is C26H20ClN3O4. The van der Waals surface area contributed by atoms with Crippen molar-refractivity contribution >= 4 is 0 Å². The van der Waals surface area contributed by atoms with Crippen molar-refractivity contribution in [2.24, 2.45) is 0 Å². The van der Waals surface area contributed by atoms with Gasteiger partial charge in [0.25, 0.3) is 0 Å². The highest BCUT2D eigenvalue weighted by Gasteiger charge is 2.22. The number of nitrogens with one attached hydrogen (secondary N) is 1. The molecule has 5 rings (SSSR count). The maximum absolute atomic E-state index is 8.49. The molecule has 1 N–H and O–H groups in total. The molecule has 2 heterocycles. The summed E-state index contributed by atoms with van der Waals surface area (Å²) in [4.78, 5) is 7.85. The van der Waals surface area contributed by atoms with Gasteiger partial charge in [-0.1, -0.05) is 96.0 Å². The molecule has 0 aliphatic rings. The number of pyridine rings is 1. The quantitative estimate of drug-likeness (QED) is 0.389. The second kappa shape index (κ2) is 10.4. The molecule has 34 heavy (non-hydrogen) atoms. The summed E-state index contributed by atoms with van der Waals surface area (Å²) in [5, 5.41) is 0. The minimum Gasteiger partial charge on any atom is -0.245 e. The van der Waals surface area contributed by atoms with E-state index in [2.05, 4.69) is 99.5 Å². The summed E-state index contributed by atoms with van der Waals surface area (Å²) >= 11 is 0. The van der Waals surface area contributed by atoms with Gasteiger partial charge in [-0.3, -0.25) is 0 Å². The van der Waals surface area contributed by atoms with Crippen LogP contribution in [0.5, 0.6) is 0 Å². The Kier molecular flexibility index (Phi) is 7.12. The van der Waals surface area contributed by atoms with Gasteiger partial charge in [0.1, 0.15) is 17.6 Å². The van der Waals surface area contributed by atoms with Crippen molar-refractivity contribution < 1.29 is 33.4 Å². The van der Waals surface area contributed by atoms with Crippen LogP contribution in [0, 0.1) is 10.2 Å². The van der Waals surface area contributed by atoms with E-state index in [1.54, 1.807) is 6.20 Å². The Morgan fingerprint density at radius 1 is 0.588 bits per heavy atom. The molecule has 0 fully saturated rings. The fourth-order valence-corrected chi connectivity index (χ4v) is 3.64. The van der Waals surface area contributed by atoms with Crippen LogP contribution in [0.25, 0.3) is 39.6 Å². The summed E-state index contributed by atoms with van der Waals surface area (Å²) in [5.41, 5.74) is 6.80. The van der Waals surface area contributed by atoms with Crippen molar-refractivity contribution in [3.05, 3.63) is 116 Å². The summed E-state index contributed by atoms with van der Waals surface area (Å²) in [6.45, 7) is 0. The summed E-state index contributed by atoms with van der Waals surface area (Å²) in [6, 6.07) is 35.9. The van der Waals surface area contributed by atoms with Crippen LogP contribution in [0.1, 0.15) is 0 Å². The van der Waals surface area contributed by atoms with E-state index in [1.807, 2.05) is 24.4 Å². The molecule has 5 aromatic rings. The Balaban J connectivity index is 0.000000499. The first-order valence-electron chi connectivity index (χ1n) is 10.3. The number of rotatable bonds is 4. The SMILES string of the molecule is [O-][Cl+3]([O-])([O-])[O-].c1ccc(-c2cc(-c3ccccc3)[n+](-c3ncc[nH]3)c(-c3ccccc3)c2)cc1. The van der Waals surface area contributed by atoms with Crippen LogP contribution in [0.3, 0.4) is 0 Å². The molecule has 0 amide bonds. The van der Waals surface area contributed by atoms with E-state index < -0.39 is 10.2 Å². The Morgan fingerprint density at radius 3 is 1.38 bits per heavy atom. The third-order valence-corrected chi connectivity index (χ3v) is 5.01. The molecule has 0 radical (unpaired) electrons. The lowest BCUT2D eigenvalue weighted by atomic mass is 9.99. The van der Waals surface area contributed by atoms with Gasteiger partial charge in [0, 0.05) is 11.1 Å². The molecule has 2 aromatic heterocycles. The molecule has 0 saturated heterocycles. The highest BCUT2D eigenvalue weighted by Crippen LogP contribution is 2.29. The third kappa shape index (κ3) is 5.93. The van der Waals surface area contributed by atoms with Crippen LogP contribution in [0.2, 0.25) is 0 Å². The van der Waals surface area contributed by atoms with E-state index in [1.165, 1.54) is 11.1 Å². The van der Waals surface area contributed by atoms with Crippen molar-refractivity contribution in [3.63, 3.8) is 0 Å². The highest BCUT2D eigenvalue weighted by atomic mass is 35.7. The number of benzene rings is 3. The maximum Gasteiger partial charge on any atom is 0.401 e. The molecule has 170 valence electrons. The number of aromatic amines is 1. The number of halogens is 1. The minimum atomic E-state index is -4.94. The molecule has 0 bridgehead atoms. The Hall–Kier alpha value is -3.85. The fourth-order valence-electron chi connectivity index (χ4n) is 3.64. The largest absolute Gasteiger partial charge is 0.401 e. The van der Waals surface area contributed by atoms with Crippen LogP contribution in [-0.4, -0.2) is 9.97 Å². The predicted octanol–water partition coefficient (Wildman–Crippen LogP) is 0.931. The molecular weight excluding hydrogens is 454 g/mol. The van der Waals surface area contributed by atoms with Gasteiger partial charge in [0.2, 0.25) is 0 Å². The predicted molar refractivity (Wildman–Crippen MR) is 116 cm³/mol. The zero-order valence-corrected chi connectivity index (χ0v) is 18.6. The van der Waals surface area contributed by atoms with E-state index in [4.69, 9.17) is 18.6 Å². The highest BCUT2D eigenvalue weighted by molar-refractivity contribution is 5.74. The maximum atomic E-state index is 8.49. The van der Waals surface area contributed by atoms with E-state index in [0.29, 0.717) is 0 Å². The van der Waals surface area contributed by atoms with Gasteiger partial charge in [-0.15, -0.1) is 10.2 Å². The van der Waals surface area contributed by atoms with Crippen molar-refractivity contribution in [2.45, 2.75) is 0 Å². The lowest BCUT2D eigenvalue weighted by Gasteiger charge is -2.17. The minimum absolute atomic E-state index is 0.794. The second-order valence-electron chi connectivity index (χ2n) is 7.24. The third-order valence-electron chi connectivity index (χ3n) is 5.01. The number of H-pyrrole nitrogens is 1. The fraction of sp³-hybridized carbons (Fsp3) is 0. The van der Waals surface area contributed by atoms with E-state index >= 15 is 0 Å². The number of aromatic nitrogens is 3. The van der Waals surface area contributed by atoms with E-state index in [-0.39, 0.29) is 0 Å². The van der Waals surface area contributed by atoms with Gasteiger partial charge in [-0.2, -0.15) is 4.57 Å². The van der Waals surface area contributed by atoms with Gasteiger partial charge >= 0.3 is 5.95 Å². The molecule has 0 atom stereocenters. The lowest BCUT2D eigenvalue weighted by molar-refractivity contribution is -2.00. The topological polar surface area (TPSA) is 125 Å². The number of hydrogen-bond donors (Lipinski definition) is 1. The summed E-state index contributed by atoms with van der Waals surface area (Å²) in [6.07, 6.45) is 3.65. The molecule has 0 saturated carbocycles. The first-order chi connectivity index (χ1) is 16.4. The Labute approximate surface area is 198 Å². The number of hydrogen-bond acceptors (Lipinski definition) is 5. The molecule has 7 nitrogen and oxygen atoms in total. The standard InChI is InChI=1S/C26H20N3.ClHO4/c1-4-10-20(11-5-1)23-18-24(21-12-6-2-7-13-21)29(26-27-16-17-28-26)25(19-23)22-14-8-3-9-15-22;2-1(3,4)5/h1-19H,(H,27,28);(H,2,3,4,5)/q+1;/p-1. The van der Waals surface area contributed by atoms with E-state index in [0.717, 1.165) is 28.5 Å². The average molecular weight is 474 g/mol. The van der Waals surface area contributed by atoms with Gasteiger partial charge in [-0.05, 0) is 23.3 Å². The second-order valence-corrected chi connectivity index (χ2v) is 7.99. The number of nitrogens with zero attached hydrogens (tertiary/aromatic N) is 2. The Morgan fingerprint density at radius 2 is 1.00 bits per heavy atom. The van der Waals surface area contributed by atoms with E-state index in [9.17, 15) is 0 Å². The molecule has 0 unspecified atom stereocenters. The summed E-state index contributed by atoms with van der Waals surface area (Å²) < 4.78 is 36.2. The lowest BCUT2D eigenvalue weighted by Crippen LogP contribution is -2.68. The molecule has 3 aromatic carbocycles. The van der Waals surface area contributed by atoms with Gasteiger partial charge in [0.05, 0.1) is 6.20 Å². The molecule has 0 spiro atoms. The first-order valence-corrected chi connectivity index (χ1v) is 11.5. The average Bonchev–Trinajstić information content (AvgIpc) is 3.38. The summed E-state index contributed by atoms with van der Waals surface area (Å²) in [7, 11) is -4.94. The van der Waals surface area contributed by atoms with Gasteiger partial charge in [-0.25, -0.2) is 23.6 Å². The monoisotopic (exact) mass is 473 g/mol. The zero-order valence-electron chi connectivity index (χ0n) is 17.9. The van der Waals surface area contributed by atoms with Crippen molar-refractivity contribution in [3.8, 4) is 39.6 Å². The smallest absolute Gasteiger partial charge is 0.245 e. The molecule has 0 aliphatic heterocycles. The van der Waals surface area contributed by atoms with Crippen LogP contribution >= 0.6 is 0 Å². The van der Waals surface area contributed by atoms with Crippen LogP contribution in [0.4, 0.5) is 0 Å². The molecule has 0 aliphatic carbocycles. The van der Waals surface area contributed by atoms with Crippen molar-refractivity contribution in [2.75, 3.05) is 0 Å². The first kappa shape index (κ1) is 23.3. The van der Waals surface area contributed by atoms with Gasteiger partial charge < -0.3 is 0 Å². The van der Waals surface area contributed by atoms with Crippen LogP contribution in [-0.2, 0) is 0 Å². The van der Waals surface area contributed by atoms with Crippen LogP contribution in [0.15, 0.2) is 116 Å². The molecule has 8 heteroatoms. The Bertz CT molecular complexity index is 1260. The normalized spacial score (nSPS) is 10.9. The van der Waals surface area contributed by atoms with Crippen LogP contribution < -0.4 is 23.2 Å². The summed E-state index contributed by atoms with van der Waals surface area (Å²) in [5.74, 6) is 0.794. The zero-order chi connectivity index (χ0) is 24.0. The number of imidazole rings is 1.